The number of carbonyl (C=O) groups is 4. The van der Waals surface area contributed by atoms with E-state index in [4.69, 9.17) is 13.6 Å². The average Bonchev–Trinajstić information content (AvgIpc) is 3.69. The fraction of sp³-hybridized carbons (Fsp3) is 0.556. The van der Waals surface area contributed by atoms with Crippen LogP contribution in [0.25, 0.3) is 6.08 Å². The van der Waals surface area contributed by atoms with Gasteiger partial charge in [-0.25, -0.2) is 4.79 Å². The zero-order valence-corrected chi connectivity index (χ0v) is 41.4. The molecule has 3 aliphatic heterocycles. The van der Waals surface area contributed by atoms with Crippen LogP contribution < -0.4 is 8.85 Å². The molecule has 338 valence electrons. The Hall–Kier alpha value is -4.46. The molecule has 3 aliphatic rings. The summed E-state index contributed by atoms with van der Waals surface area (Å²) in [7, 11) is -1.24. The van der Waals surface area contributed by atoms with Crippen LogP contribution in [0.15, 0.2) is 59.1 Å². The van der Waals surface area contributed by atoms with E-state index in [1.54, 1.807) is 32.0 Å². The number of amides is 3. The SMILES string of the molecule is CC(O)[C@H]1C(=O)N2C(C(=O)OCc3ccc([N+](=O)[O-])cc3)=C(S[C@H]3C[C@@H](C(=O)N(C)C)N(C(=O)C=Cc4ccc(O[Si](C)(C)C(C)(C)C)c(O[Si](C)(C)C(C)(C)C)c4)C3)[C@H](C)[C@H]12. The smallest absolute Gasteiger partial charge is 0.356 e. The second-order valence-electron chi connectivity index (χ2n) is 19.9. The summed E-state index contributed by atoms with van der Waals surface area (Å²) in [6, 6.07) is 10.1. The third-order valence-corrected chi connectivity index (χ3v) is 23.3. The zero-order chi connectivity index (χ0) is 46.4. The predicted octanol–water partition coefficient (Wildman–Crippen LogP) is 7.98. The van der Waals surface area contributed by atoms with Crippen LogP contribution in [0.5, 0.6) is 11.5 Å². The molecule has 0 aliphatic carbocycles. The predicted molar refractivity (Wildman–Crippen MR) is 246 cm³/mol. The van der Waals surface area contributed by atoms with Gasteiger partial charge < -0.3 is 33.4 Å². The number of aliphatic hydroxyl groups excluding tert-OH is 1. The summed E-state index contributed by atoms with van der Waals surface area (Å²) in [5.41, 5.74) is 1.24. The van der Waals surface area contributed by atoms with E-state index in [1.807, 2.05) is 25.1 Å². The maximum absolute atomic E-state index is 14.2. The number of likely N-dealkylation sites (N-methyl/N-ethyl adjacent to an activating group) is 1. The highest BCUT2D eigenvalue weighted by Crippen LogP contribution is 2.53. The Morgan fingerprint density at radius 3 is 2.10 bits per heavy atom. The number of aliphatic hydroxyl groups is 1. The van der Waals surface area contributed by atoms with Crippen molar-refractivity contribution in [2.75, 3.05) is 20.6 Å². The number of hydrogen-bond donors (Lipinski definition) is 1. The number of nitro groups is 1. The molecule has 3 amide bonds. The molecule has 0 saturated carbocycles. The zero-order valence-electron chi connectivity index (χ0n) is 38.6. The van der Waals surface area contributed by atoms with Crippen LogP contribution in [0, 0.1) is 22.0 Å². The van der Waals surface area contributed by atoms with Gasteiger partial charge in [0.1, 0.15) is 29.8 Å². The Morgan fingerprint density at radius 1 is 0.984 bits per heavy atom. The number of likely N-dealkylation sites (tertiary alicyclic amines) is 1. The Kier molecular flexibility index (Phi) is 14.1. The lowest BCUT2D eigenvalue weighted by Crippen LogP contribution is -2.63. The second kappa shape index (κ2) is 18.0. The largest absolute Gasteiger partial charge is 0.541 e. The van der Waals surface area contributed by atoms with E-state index in [2.05, 4.69) is 67.7 Å². The molecule has 62 heavy (non-hydrogen) atoms. The number of carbonyl (C=O) groups excluding carboxylic acids is 4. The molecule has 0 radical (unpaired) electrons. The number of benzene rings is 2. The molecule has 5 rings (SSSR count). The summed E-state index contributed by atoms with van der Waals surface area (Å²) in [6.45, 7) is 25.3. The van der Waals surface area contributed by atoms with Crippen molar-refractivity contribution in [3.8, 4) is 11.5 Å². The van der Waals surface area contributed by atoms with Crippen molar-refractivity contribution in [1.82, 2.24) is 14.7 Å². The van der Waals surface area contributed by atoms with Crippen LogP contribution in [0.2, 0.25) is 36.3 Å². The van der Waals surface area contributed by atoms with Gasteiger partial charge >= 0.3 is 5.97 Å². The minimum Gasteiger partial charge on any atom is -0.541 e. The van der Waals surface area contributed by atoms with Gasteiger partial charge in [0.15, 0.2) is 0 Å². The van der Waals surface area contributed by atoms with Crippen LogP contribution in [0.3, 0.4) is 0 Å². The number of β-lactam (4-membered cyclic amide) rings is 1. The number of non-ortho nitro benzene ring substituents is 1. The van der Waals surface area contributed by atoms with Gasteiger partial charge in [-0.3, -0.25) is 24.5 Å². The molecule has 6 atom stereocenters. The number of nitro benzene ring substituents is 1. The van der Waals surface area contributed by atoms with Gasteiger partial charge in [-0.2, -0.15) is 0 Å². The fourth-order valence-corrected chi connectivity index (χ4v) is 10.9. The topological polar surface area (TPSA) is 169 Å². The number of ether oxygens (including phenoxy) is 1. The summed E-state index contributed by atoms with van der Waals surface area (Å²) < 4.78 is 19.3. The van der Waals surface area contributed by atoms with E-state index >= 15 is 0 Å². The van der Waals surface area contributed by atoms with Crippen molar-refractivity contribution >= 4 is 63.9 Å². The van der Waals surface area contributed by atoms with Crippen molar-refractivity contribution in [1.29, 1.82) is 0 Å². The van der Waals surface area contributed by atoms with E-state index < -0.39 is 51.6 Å². The van der Waals surface area contributed by atoms with Crippen molar-refractivity contribution < 1.29 is 42.8 Å². The molecule has 0 bridgehead atoms. The summed E-state index contributed by atoms with van der Waals surface area (Å²) in [5.74, 6) is -1.48. The molecule has 1 unspecified atom stereocenters. The minimum atomic E-state index is -2.30. The molecule has 2 fully saturated rings. The first kappa shape index (κ1) is 48.6. The lowest BCUT2D eigenvalue weighted by molar-refractivity contribution is -0.384. The number of nitrogens with zero attached hydrogens (tertiary/aromatic N) is 4. The van der Waals surface area contributed by atoms with E-state index in [0.29, 0.717) is 28.4 Å². The van der Waals surface area contributed by atoms with E-state index in [9.17, 15) is 34.4 Å². The highest BCUT2D eigenvalue weighted by atomic mass is 32.2. The monoisotopic (exact) mass is 908 g/mol. The van der Waals surface area contributed by atoms with Crippen LogP contribution in [0.4, 0.5) is 5.69 Å². The summed E-state index contributed by atoms with van der Waals surface area (Å²) >= 11 is 1.35. The third-order valence-electron chi connectivity index (χ3n) is 13.1. The van der Waals surface area contributed by atoms with Crippen molar-refractivity contribution in [3.05, 3.63) is 80.4 Å². The maximum Gasteiger partial charge on any atom is 0.356 e. The fourth-order valence-electron chi connectivity index (χ4n) is 7.35. The Morgan fingerprint density at radius 2 is 1.56 bits per heavy atom. The first-order valence-electron chi connectivity index (χ1n) is 21.1. The molecule has 2 saturated heterocycles. The Bertz CT molecular complexity index is 2140. The Labute approximate surface area is 372 Å². The number of hydrogen-bond acceptors (Lipinski definition) is 11. The van der Waals surface area contributed by atoms with Crippen LogP contribution >= 0.6 is 11.8 Å². The van der Waals surface area contributed by atoms with Crippen molar-refractivity contribution in [2.24, 2.45) is 11.8 Å². The molecule has 14 nitrogen and oxygen atoms in total. The standard InChI is InChI=1S/C45H64N4O10SSi2/c1-27-38-37(28(2)50)42(53)48(38)39(43(54)57-26-30-15-19-31(20-16-30)49(55)56)40(27)60-32-24-33(41(52)46(9)10)47(25-32)36(51)22-18-29-17-21-34(58-61(11,12)44(3,4)5)35(23-29)59-62(13,14)45(6,7)8/h15-23,27-28,32-33,37-38,50H,24-26H2,1-14H3/t27-,28?,32+,33+,37-,38-/m1/s1. The van der Waals surface area contributed by atoms with Crippen LogP contribution in [0.1, 0.15) is 72.9 Å². The van der Waals surface area contributed by atoms with Gasteiger partial charge in [0.05, 0.1) is 23.0 Å². The number of thioether (sulfide) groups is 1. The summed E-state index contributed by atoms with van der Waals surface area (Å²) in [5, 5.41) is 21.2. The van der Waals surface area contributed by atoms with Gasteiger partial charge in [0, 0.05) is 54.9 Å². The average molecular weight is 909 g/mol. The summed E-state index contributed by atoms with van der Waals surface area (Å²) in [4.78, 5) is 70.7. The quantitative estimate of drug-likeness (QED) is 0.0487. The Balaban J connectivity index is 1.42. The van der Waals surface area contributed by atoms with E-state index in [-0.39, 0.29) is 63.5 Å². The number of fused-ring (bicyclic) bond motifs is 1. The molecular formula is C45H64N4O10SSi2. The van der Waals surface area contributed by atoms with Gasteiger partial charge in [-0.15, -0.1) is 11.8 Å². The highest BCUT2D eigenvalue weighted by Gasteiger charge is 2.60. The number of rotatable bonds is 14. The van der Waals surface area contributed by atoms with E-state index in [1.165, 1.54) is 51.9 Å². The third kappa shape index (κ3) is 10.0. The minimum absolute atomic E-state index is 0.0395. The van der Waals surface area contributed by atoms with Gasteiger partial charge in [-0.1, -0.05) is 54.5 Å². The molecule has 2 aromatic carbocycles. The van der Waals surface area contributed by atoms with E-state index in [0.717, 1.165) is 5.56 Å². The normalized spacial score (nSPS) is 22.4. The molecule has 17 heteroatoms. The van der Waals surface area contributed by atoms with Crippen LogP contribution in [-0.2, 0) is 30.5 Å². The molecule has 0 aromatic heterocycles. The molecular weight excluding hydrogens is 845 g/mol. The maximum atomic E-state index is 14.2. The second-order valence-corrected chi connectivity index (χ2v) is 30.7. The molecule has 2 aromatic rings. The number of esters is 1. The summed E-state index contributed by atoms with van der Waals surface area (Å²) in [6.07, 6.45) is 2.54. The highest BCUT2D eigenvalue weighted by molar-refractivity contribution is 8.03. The van der Waals surface area contributed by atoms with Crippen LogP contribution in [-0.4, -0.2) is 109 Å². The van der Waals surface area contributed by atoms with Crippen molar-refractivity contribution in [2.45, 2.75) is 128 Å². The lowest BCUT2D eigenvalue weighted by Gasteiger charge is -2.46. The van der Waals surface area contributed by atoms with Gasteiger partial charge in [-0.05, 0) is 91.1 Å². The molecule has 0 spiro atoms. The first-order chi connectivity index (χ1) is 28.6. The molecule has 3 heterocycles. The van der Waals surface area contributed by atoms with Gasteiger partial charge in [0.2, 0.25) is 17.7 Å². The van der Waals surface area contributed by atoms with Gasteiger partial charge in [0.25, 0.3) is 22.3 Å². The first-order valence-corrected chi connectivity index (χ1v) is 27.8. The lowest BCUT2D eigenvalue weighted by atomic mass is 9.79. The molecule has 1 N–H and O–H groups in total. The van der Waals surface area contributed by atoms with Crippen molar-refractivity contribution in [3.63, 3.8) is 0 Å².